The number of carbonyl (C=O) groups excluding carboxylic acids is 1. The zero-order valence-corrected chi connectivity index (χ0v) is 22.3. The van der Waals surface area contributed by atoms with Crippen LogP contribution in [0.1, 0.15) is 15.9 Å². The number of nitrogens with zero attached hydrogens (tertiary/aromatic N) is 1. The summed E-state index contributed by atoms with van der Waals surface area (Å²) >= 11 is 15.3. The number of rotatable bonds is 4. The van der Waals surface area contributed by atoms with Crippen molar-refractivity contribution >= 4 is 78.3 Å². The molecule has 0 spiro atoms. The van der Waals surface area contributed by atoms with Gasteiger partial charge in [0.2, 0.25) is 5.89 Å². The lowest BCUT2D eigenvalue weighted by Gasteiger charge is -2.14. The second-order valence-corrected chi connectivity index (χ2v) is 9.69. The summed E-state index contributed by atoms with van der Waals surface area (Å²) in [5.41, 5.74) is 4.00. The Bertz CT molecular complexity index is 1670. The number of ether oxygens (including phenoxy) is 1. The second-order valence-electron chi connectivity index (χ2n) is 8.09. The van der Waals surface area contributed by atoms with Crippen LogP contribution in [0, 0.1) is 6.92 Å². The third-order valence-corrected chi connectivity index (χ3v) is 6.92. The summed E-state index contributed by atoms with van der Waals surface area (Å²) < 4.78 is 12.1. The lowest BCUT2D eigenvalue weighted by atomic mass is 10.1. The highest BCUT2D eigenvalue weighted by Gasteiger charge is 2.19. The Morgan fingerprint density at radius 1 is 1.11 bits per heavy atom. The van der Waals surface area contributed by atoms with Crippen LogP contribution in [-0.4, -0.2) is 23.1 Å². The van der Waals surface area contributed by atoms with Crippen LogP contribution >= 0.6 is 39.7 Å². The van der Waals surface area contributed by atoms with Crippen LogP contribution in [0.25, 0.3) is 33.3 Å². The van der Waals surface area contributed by atoms with Crippen LogP contribution in [-0.2, 0) is 0 Å². The molecule has 0 saturated heterocycles. The van der Waals surface area contributed by atoms with Crippen molar-refractivity contribution in [2.45, 2.75) is 6.92 Å². The van der Waals surface area contributed by atoms with Crippen LogP contribution in [0.3, 0.4) is 0 Å². The molecule has 0 radical (unpaired) electrons. The minimum absolute atomic E-state index is 0.135. The molecular weight excluding hydrogens is 562 g/mol. The van der Waals surface area contributed by atoms with Crippen molar-refractivity contribution in [2.75, 3.05) is 12.4 Å². The third-order valence-electron chi connectivity index (χ3n) is 5.62. The van der Waals surface area contributed by atoms with Gasteiger partial charge in [0.25, 0.3) is 5.91 Å². The Morgan fingerprint density at radius 2 is 1.92 bits per heavy atom. The first-order chi connectivity index (χ1) is 17.3. The highest BCUT2D eigenvalue weighted by Crippen LogP contribution is 2.36. The van der Waals surface area contributed by atoms with E-state index in [9.17, 15) is 4.79 Å². The molecule has 5 aromatic rings. The van der Waals surface area contributed by atoms with E-state index in [1.807, 2.05) is 49.4 Å². The topological polar surface area (TPSA) is 76.4 Å². The molecule has 0 atom stereocenters. The Kier molecular flexibility index (Phi) is 6.66. The quantitative estimate of drug-likeness (QED) is 0.214. The number of thiocarbonyl (C=S) groups is 1. The average Bonchev–Trinajstić information content (AvgIpc) is 3.27. The number of methoxy groups -OCH3 is 1. The van der Waals surface area contributed by atoms with Gasteiger partial charge in [-0.2, -0.15) is 0 Å². The predicted molar refractivity (Wildman–Crippen MR) is 151 cm³/mol. The van der Waals surface area contributed by atoms with Gasteiger partial charge in [-0.05, 0) is 87.8 Å². The fourth-order valence-corrected chi connectivity index (χ4v) is 5.16. The predicted octanol–water partition coefficient (Wildman–Crippen LogP) is 7.51. The first-order valence-electron chi connectivity index (χ1n) is 10.9. The number of aryl methyl sites for hydroxylation is 1. The molecule has 0 unspecified atom stereocenters. The maximum atomic E-state index is 13.1. The van der Waals surface area contributed by atoms with E-state index in [4.69, 9.17) is 33.0 Å². The summed E-state index contributed by atoms with van der Waals surface area (Å²) in [7, 11) is 1.52. The molecule has 0 saturated carbocycles. The molecular formula is C27H19BrClN3O3S. The molecule has 1 aromatic heterocycles. The zero-order valence-electron chi connectivity index (χ0n) is 19.2. The van der Waals surface area contributed by atoms with E-state index >= 15 is 0 Å². The Morgan fingerprint density at radius 3 is 2.69 bits per heavy atom. The summed E-state index contributed by atoms with van der Waals surface area (Å²) in [5.74, 6) is 0.465. The minimum atomic E-state index is -0.394. The molecule has 36 heavy (non-hydrogen) atoms. The largest absolute Gasteiger partial charge is 0.495 e. The fourth-order valence-electron chi connectivity index (χ4n) is 3.90. The average molecular weight is 581 g/mol. The molecule has 0 aliphatic rings. The molecule has 6 nitrogen and oxygen atoms in total. The minimum Gasteiger partial charge on any atom is -0.495 e. The lowest BCUT2D eigenvalue weighted by Crippen LogP contribution is -2.34. The van der Waals surface area contributed by atoms with E-state index in [-0.39, 0.29) is 5.11 Å². The monoisotopic (exact) mass is 579 g/mol. The van der Waals surface area contributed by atoms with Gasteiger partial charge in [-0.3, -0.25) is 10.1 Å². The van der Waals surface area contributed by atoms with E-state index in [1.54, 1.807) is 24.3 Å². The van der Waals surface area contributed by atoms with Crippen molar-refractivity contribution in [3.63, 3.8) is 0 Å². The van der Waals surface area contributed by atoms with E-state index < -0.39 is 5.91 Å². The van der Waals surface area contributed by atoms with Crippen LogP contribution < -0.4 is 15.4 Å². The van der Waals surface area contributed by atoms with Crippen LogP contribution in [0.2, 0.25) is 5.02 Å². The van der Waals surface area contributed by atoms with Gasteiger partial charge >= 0.3 is 0 Å². The van der Waals surface area contributed by atoms with Crippen molar-refractivity contribution < 1.29 is 13.9 Å². The number of oxazole rings is 1. The zero-order chi connectivity index (χ0) is 25.4. The Balaban J connectivity index is 1.36. The van der Waals surface area contributed by atoms with Crippen molar-refractivity contribution in [3.8, 4) is 17.2 Å². The molecule has 180 valence electrons. The van der Waals surface area contributed by atoms with Crippen LogP contribution in [0.4, 0.5) is 5.69 Å². The lowest BCUT2D eigenvalue weighted by molar-refractivity contribution is 0.0975. The van der Waals surface area contributed by atoms with Gasteiger partial charge in [-0.1, -0.05) is 41.9 Å². The SMILES string of the molecule is COc1c(C(=O)NC(=S)Nc2ccc3oc(-c4ccc(C)cc4Cl)nc3c2)cc2ccccc2c1Br. The smallest absolute Gasteiger partial charge is 0.261 e. The Labute approximate surface area is 225 Å². The van der Waals surface area contributed by atoms with Gasteiger partial charge in [0, 0.05) is 5.69 Å². The van der Waals surface area contributed by atoms with Crippen molar-refractivity contribution in [3.05, 3.63) is 87.4 Å². The number of carbonyl (C=O) groups is 1. The van der Waals surface area contributed by atoms with E-state index in [0.717, 1.165) is 16.3 Å². The summed E-state index contributed by atoms with van der Waals surface area (Å²) in [6.07, 6.45) is 0. The number of hydrogen-bond acceptors (Lipinski definition) is 5. The van der Waals surface area contributed by atoms with Crippen LogP contribution in [0.15, 0.2) is 75.6 Å². The molecule has 1 heterocycles. The molecule has 4 aromatic carbocycles. The molecule has 0 aliphatic carbocycles. The molecule has 2 N–H and O–H groups in total. The van der Waals surface area contributed by atoms with Crippen LogP contribution in [0.5, 0.6) is 5.75 Å². The van der Waals surface area contributed by atoms with Crippen molar-refractivity contribution in [1.82, 2.24) is 10.3 Å². The standard InChI is InChI=1S/C27H19BrClN3O3S/c1-14-7-9-18(20(29)11-14)26-31-21-13-16(8-10-22(21)35-26)30-27(36)32-25(33)19-12-15-5-3-4-6-17(15)23(28)24(19)34-2/h3-13H,1-2H3,(H2,30,32,33,36). The van der Waals surface area contributed by atoms with E-state index in [0.29, 0.717) is 49.0 Å². The summed E-state index contributed by atoms with van der Waals surface area (Å²) in [5, 5.41) is 8.30. The second kappa shape index (κ2) is 9.89. The number of anilines is 1. The van der Waals surface area contributed by atoms with Gasteiger partial charge in [0.05, 0.1) is 27.7 Å². The van der Waals surface area contributed by atoms with Gasteiger partial charge in [0.1, 0.15) is 11.3 Å². The van der Waals surface area contributed by atoms with Crippen molar-refractivity contribution in [1.29, 1.82) is 0 Å². The number of aromatic nitrogens is 1. The molecule has 1 amide bonds. The molecule has 0 aliphatic heterocycles. The number of amides is 1. The highest BCUT2D eigenvalue weighted by atomic mass is 79.9. The number of benzene rings is 4. The first-order valence-corrected chi connectivity index (χ1v) is 12.5. The van der Waals surface area contributed by atoms with Gasteiger partial charge < -0.3 is 14.5 Å². The third kappa shape index (κ3) is 4.67. The maximum Gasteiger partial charge on any atom is 0.261 e. The van der Waals surface area contributed by atoms with E-state index in [2.05, 4.69) is 31.5 Å². The number of hydrogen-bond donors (Lipinski definition) is 2. The van der Waals surface area contributed by atoms with Gasteiger partial charge in [-0.15, -0.1) is 0 Å². The van der Waals surface area contributed by atoms with Gasteiger partial charge in [0.15, 0.2) is 10.7 Å². The summed E-state index contributed by atoms with van der Waals surface area (Å²) in [6, 6.07) is 20.5. The van der Waals surface area contributed by atoms with Gasteiger partial charge in [-0.25, -0.2) is 4.98 Å². The normalized spacial score (nSPS) is 11.0. The van der Waals surface area contributed by atoms with E-state index in [1.165, 1.54) is 7.11 Å². The van der Waals surface area contributed by atoms with Crippen molar-refractivity contribution in [2.24, 2.45) is 0 Å². The summed E-state index contributed by atoms with van der Waals surface area (Å²) in [4.78, 5) is 17.6. The fraction of sp³-hybridized carbons (Fsp3) is 0.0741. The molecule has 0 bridgehead atoms. The first kappa shape index (κ1) is 24.2. The number of nitrogens with one attached hydrogen (secondary N) is 2. The molecule has 5 rings (SSSR count). The molecule has 0 fully saturated rings. The maximum absolute atomic E-state index is 13.1. The Hall–Kier alpha value is -3.46. The highest BCUT2D eigenvalue weighted by molar-refractivity contribution is 9.10. The summed E-state index contributed by atoms with van der Waals surface area (Å²) in [6.45, 7) is 1.97. The number of halogens is 2. The number of fused-ring (bicyclic) bond motifs is 2. The molecule has 9 heteroatoms.